The fourth-order valence-corrected chi connectivity index (χ4v) is 3.51. The Balaban J connectivity index is 2.15. The van der Waals surface area contributed by atoms with E-state index in [1.165, 1.54) is 12.1 Å². The number of benzene rings is 2. The van der Waals surface area contributed by atoms with Crippen LogP contribution in [0.2, 0.25) is 5.02 Å². The molecule has 102 valence electrons. The number of sulfone groups is 1. The first kappa shape index (κ1) is 13.2. The number of rotatable bonds is 2. The standard InChI is InChI=1S/C15H12ClNO2S/c1-10-2-7-14-11(8-10)9-15(17-14)20(18,19)13-5-3-12(16)4-6-13/h2-9,17H,1H3. The molecule has 3 rings (SSSR count). The summed E-state index contributed by atoms with van der Waals surface area (Å²) in [7, 11) is -3.54. The maximum absolute atomic E-state index is 12.5. The maximum Gasteiger partial charge on any atom is 0.221 e. The van der Waals surface area contributed by atoms with Crippen molar-refractivity contribution in [2.45, 2.75) is 16.8 Å². The number of aromatic amines is 1. The summed E-state index contributed by atoms with van der Waals surface area (Å²) in [5.74, 6) is 0. The van der Waals surface area contributed by atoms with Gasteiger partial charge in [-0.05, 0) is 49.4 Å². The Bertz CT molecular complexity index is 880. The number of halogens is 1. The minimum atomic E-state index is -3.54. The average Bonchev–Trinajstić information content (AvgIpc) is 2.83. The lowest BCUT2D eigenvalue weighted by molar-refractivity contribution is 0.593. The van der Waals surface area contributed by atoms with Crippen LogP contribution in [0.25, 0.3) is 10.9 Å². The van der Waals surface area contributed by atoms with Gasteiger partial charge in [-0.25, -0.2) is 8.42 Å². The average molecular weight is 306 g/mol. The van der Waals surface area contributed by atoms with Crippen molar-refractivity contribution in [2.24, 2.45) is 0 Å². The van der Waals surface area contributed by atoms with Gasteiger partial charge in [-0.3, -0.25) is 0 Å². The molecule has 1 aromatic heterocycles. The Hall–Kier alpha value is -1.78. The van der Waals surface area contributed by atoms with E-state index in [-0.39, 0.29) is 9.92 Å². The molecule has 0 saturated carbocycles. The quantitative estimate of drug-likeness (QED) is 0.779. The first-order valence-electron chi connectivity index (χ1n) is 6.07. The van der Waals surface area contributed by atoms with Gasteiger partial charge in [0.05, 0.1) is 4.90 Å². The molecule has 0 aliphatic carbocycles. The highest BCUT2D eigenvalue weighted by Gasteiger charge is 2.19. The van der Waals surface area contributed by atoms with Crippen molar-refractivity contribution in [2.75, 3.05) is 0 Å². The lowest BCUT2D eigenvalue weighted by atomic mass is 10.2. The van der Waals surface area contributed by atoms with Crippen LogP contribution in [0.15, 0.2) is 58.5 Å². The van der Waals surface area contributed by atoms with E-state index < -0.39 is 9.84 Å². The molecule has 5 heteroatoms. The van der Waals surface area contributed by atoms with E-state index in [0.29, 0.717) is 5.02 Å². The fraction of sp³-hybridized carbons (Fsp3) is 0.0667. The first-order valence-corrected chi connectivity index (χ1v) is 7.93. The zero-order valence-corrected chi connectivity index (χ0v) is 12.3. The topological polar surface area (TPSA) is 49.9 Å². The molecular weight excluding hydrogens is 294 g/mol. The van der Waals surface area contributed by atoms with Gasteiger partial charge in [0, 0.05) is 15.9 Å². The van der Waals surface area contributed by atoms with Crippen LogP contribution in [0.4, 0.5) is 0 Å². The van der Waals surface area contributed by atoms with Crippen LogP contribution in [0.3, 0.4) is 0 Å². The lowest BCUT2D eigenvalue weighted by Gasteiger charge is -2.01. The van der Waals surface area contributed by atoms with Crippen molar-refractivity contribution in [3.8, 4) is 0 Å². The van der Waals surface area contributed by atoms with E-state index in [2.05, 4.69) is 4.98 Å². The highest BCUT2D eigenvalue weighted by Crippen LogP contribution is 2.25. The molecule has 0 aliphatic heterocycles. The first-order chi connectivity index (χ1) is 9.46. The number of hydrogen-bond donors (Lipinski definition) is 1. The molecule has 0 saturated heterocycles. The minimum Gasteiger partial charge on any atom is -0.345 e. The summed E-state index contributed by atoms with van der Waals surface area (Å²) in [5, 5.41) is 1.59. The van der Waals surface area contributed by atoms with Crippen LogP contribution in [0.1, 0.15) is 5.56 Å². The van der Waals surface area contributed by atoms with Crippen molar-refractivity contribution in [1.29, 1.82) is 0 Å². The predicted octanol–water partition coefficient (Wildman–Crippen LogP) is 3.96. The second kappa shape index (κ2) is 4.65. The van der Waals surface area contributed by atoms with Gasteiger partial charge in [0.15, 0.2) is 0 Å². The van der Waals surface area contributed by atoms with E-state index in [4.69, 9.17) is 11.6 Å². The third-order valence-corrected chi connectivity index (χ3v) is 5.11. The van der Waals surface area contributed by atoms with E-state index in [9.17, 15) is 8.42 Å². The number of nitrogens with one attached hydrogen (secondary N) is 1. The summed E-state index contributed by atoms with van der Waals surface area (Å²) in [5.41, 5.74) is 1.90. The molecular formula is C15H12ClNO2S. The molecule has 0 fully saturated rings. The normalized spacial score (nSPS) is 11.9. The molecule has 1 N–H and O–H groups in total. The van der Waals surface area contributed by atoms with E-state index >= 15 is 0 Å². The number of H-pyrrole nitrogens is 1. The summed E-state index contributed by atoms with van der Waals surface area (Å²) in [6.45, 7) is 1.97. The monoisotopic (exact) mass is 305 g/mol. The minimum absolute atomic E-state index is 0.195. The largest absolute Gasteiger partial charge is 0.345 e. The van der Waals surface area contributed by atoms with E-state index in [1.54, 1.807) is 18.2 Å². The Morgan fingerprint density at radius 1 is 1.00 bits per heavy atom. The number of aromatic nitrogens is 1. The number of fused-ring (bicyclic) bond motifs is 1. The zero-order valence-electron chi connectivity index (χ0n) is 10.7. The highest BCUT2D eigenvalue weighted by atomic mass is 35.5. The molecule has 0 aliphatic rings. The summed E-state index contributed by atoms with van der Waals surface area (Å²) in [4.78, 5) is 3.18. The van der Waals surface area contributed by atoms with Crippen molar-refractivity contribution in [1.82, 2.24) is 4.98 Å². The molecule has 0 atom stereocenters. The van der Waals surface area contributed by atoms with Gasteiger partial charge in [0.1, 0.15) is 5.03 Å². The SMILES string of the molecule is Cc1ccc2[nH]c(S(=O)(=O)c3ccc(Cl)cc3)cc2c1. The van der Waals surface area contributed by atoms with Crippen molar-refractivity contribution in [3.63, 3.8) is 0 Å². The predicted molar refractivity (Wildman–Crippen MR) is 79.9 cm³/mol. The molecule has 1 heterocycles. The molecule has 0 amide bonds. The highest BCUT2D eigenvalue weighted by molar-refractivity contribution is 7.91. The van der Waals surface area contributed by atoms with Gasteiger partial charge in [-0.15, -0.1) is 0 Å². The van der Waals surface area contributed by atoms with Gasteiger partial charge in [-0.1, -0.05) is 23.2 Å². The van der Waals surface area contributed by atoms with Crippen LogP contribution in [-0.4, -0.2) is 13.4 Å². The molecule has 0 radical (unpaired) electrons. The number of hydrogen-bond acceptors (Lipinski definition) is 2. The lowest BCUT2D eigenvalue weighted by Crippen LogP contribution is -2.01. The fourth-order valence-electron chi connectivity index (χ4n) is 2.11. The van der Waals surface area contributed by atoms with Crippen molar-refractivity contribution >= 4 is 32.3 Å². The van der Waals surface area contributed by atoms with Crippen molar-refractivity contribution < 1.29 is 8.42 Å². The van der Waals surface area contributed by atoms with Gasteiger partial charge < -0.3 is 4.98 Å². The van der Waals surface area contributed by atoms with E-state index in [1.807, 2.05) is 25.1 Å². The molecule has 0 spiro atoms. The summed E-state index contributed by atoms with van der Waals surface area (Å²) < 4.78 is 25.1. The third-order valence-electron chi connectivity index (χ3n) is 3.16. The summed E-state index contributed by atoms with van der Waals surface area (Å²) in [6.07, 6.45) is 0. The zero-order chi connectivity index (χ0) is 14.3. The van der Waals surface area contributed by atoms with Crippen LogP contribution in [-0.2, 0) is 9.84 Å². The Labute approximate surface area is 122 Å². The Morgan fingerprint density at radius 3 is 2.40 bits per heavy atom. The Morgan fingerprint density at radius 2 is 1.70 bits per heavy atom. The second-order valence-electron chi connectivity index (χ2n) is 4.68. The Kier molecular flexibility index (Phi) is 3.07. The van der Waals surface area contributed by atoms with Gasteiger partial charge >= 0.3 is 0 Å². The molecule has 0 bridgehead atoms. The molecule has 20 heavy (non-hydrogen) atoms. The van der Waals surface area contributed by atoms with Crippen molar-refractivity contribution in [3.05, 3.63) is 59.1 Å². The van der Waals surface area contributed by atoms with Gasteiger partial charge in [-0.2, -0.15) is 0 Å². The number of aryl methyl sites for hydroxylation is 1. The van der Waals surface area contributed by atoms with Crippen LogP contribution < -0.4 is 0 Å². The van der Waals surface area contributed by atoms with Gasteiger partial charge in [0.25, 0.3) is 0 Å². The van der Waals surface area contributed by atoms with Crippen LogP contribution in [0, 0.1) is 6.92 Å². The summed E-state index contributed by atoms with van der Waals surface area (Å²) in [6, 6.07) is 13.6. The maximum atomic E-state index is 12.5. The van der Waals surface area contributed by atoms with Gasteiger partial charge in [0.2, 0.25) is 9.84 Å². The molecule has 0 unspecified atom stereocenters. The molecule has 2 aromatic carbocycles. The van der Waals surface area contributed by atoms with E-state index in [0.717, 1.165) is 16.5 Å². The van der Waals surface area contributed by atoms with Crippen LogP contribution >= 0.6 is 11.6 Å². The second-order valence-corrected chi connectivity index (χ2v) is 7.04. The molecule has 3 nitrogen and oxygen atoms in total. The smallest absolute Gasteiger partial charge is 0.221 e. The summed E-state index contributed by atoms with van der Waals surface area (Å²) >= 11 is 5.79. The van der Waals surface area contributed by atoms with Crippen LogP contribution in [0.5, 0.6) is 0 Å². The molecule has 3 aromatic rings. The third kappa shape index (κ3) is 2.21.